The normalized spacial score (nSPS) is 12.8. The Bertz CT molecular complexity index is 265. The summed E-state index contributed by atoms with van der Waals surface area (Å²) < 4.78 is 0. The highest BCUT2D eigenvalue weighted by Gasteiger charge is 2.08. The highest BCUT2D eigenvalue weighted by atomic mass is 35.5. The average Bonchev–Trinajstić information content (AvgIpc) is 2.18. The average molecular weight is 200 g/mol. The van der Waals surface area contributed by atoms with Crippen molar-refractivity contribution in [1.82, 2.24) is 0 Å². The van der Waals surface area contributed by atoms with Gasteiger partial charge in [0.25, 0.3) is 0 Å². The largest absolute Gasteiger partial charge is 0.387 e. The lowest BCUT2D eigenvalue weighted by atomic mass is 10.0. The number of hydrogen-bond donors (Lipinski definition) is 2. The maximum Gasteiger partial charge on any atom is 0.0914 e. The van der Waals surface area contributed by atoms with Gasteiger partial charge in [-0.2, -0.15) is 0 Å². The van der Waals surface area contributed by atoms with Crippen LogP contribution in [-0.2, 0) is 6.42 Å². The summed E-state index contributed by atoms with van der Waals surface area (Å²) in [4.78, 5) is 0. The van der Waals surface area contributed by atoms with Crippen molar-refractivity contribution >= 4 is 11.6 Å². The van der Waals surface area contributed by atoms with E-state index in [-0.39, 0.29) is 6.54 Å². The number of aliphatic hydroxyl groups excluding tert-OH is 1. The molecule has 0 bridgehead atoms. The fourth-order valence-electron chi connectivity index (χ4n) is 1.32. The van der Waals surface area contributed by atoms with Crippen LogP contribution in [-0.4, -0.2) is 17.5 Å². The second-order valence-electron chi connectivity index (χ2n) is 2.89. The van der Waals surface area contributed by atoms with Gasteiger partial charge in [0.1, 0.15) is 0 Å². The predicted octanol–water partition coefficient (Wildman–Crippen LogP) is 1.46. The Hall–Kier alpha value is -0.570. The maximum atomic E-state index is 9.57. The molecular formula is C10H14ClNO. The molecule has 13 heavy (non-hydrogen) atoms. The molecule has 72 valence electrons. The number of benzene rings is 1. The number of halogens is 1. The Morgan fingerprint density at radius 2 is 2.08 bits per heavy atom. The van der Waals surface area contributed by atoms with Gasteiger partial charge in [-0.1, -0.05) is 24.3 Å². The van der Waals surface area contributed by atoms with Crippen molar-refractivity contribution in [3.05, 3.63) is 35.4 Å². The molecule has 0 aliphatic rings. The van der Waals surface area contributed by atoms with Gasteiger partial charge in [-0.3, -0.25) is 0 Å². The zero-order valence-corrected chi connectivity index (χ0v) is 8.17. The monoisotopic (exact) mass is 199 g/mol. The van der Waals surface area contributed by atoms with E-state index in [0.717, 1.165) is 17.5 Å². The molecule has 1 rings (SSSR count). The van der Waals surface area contributed by atoms with E-state index in [1.54, 1.807) is 0 Å². The van der Waals surface area contributed by atoms with Crippen molar-refractivity contribution in [3.8, 4) is 0 Å². The zero-order chi connectivity index (χ0) is 9.68. The van der Waals surface area contributed by atoms with E-state index >= 15 is 0 Å². The minimum Gasteiger partial charge on any atom is -0.387 e. The molecule has 0 amide bonds. The Labute approximate surface area is 83.3 Å². The molecule has 0 unspecified atom stereocenters. The number of rotatable bonds is 4. The van der Waals surface area contributed by atoms with Crippen molar-refractivity contribution in [1.29, 1.82) is 0 Å². The van der Waals surface area contributed by atoms with Gasteiger partial charge < -0.3 is 10.8 Å². The molecule has 0 saturated heterocycles. The molecule has 1 atom stereocenters. The maximum absolute atomic E-state index is 9.57. The summed E-state index contributed by atoms with van der Waals surface area (Å²) in [6.45, 7) is 0.249. The van der Waals surface area contributed by atoms with Crippen LogP contribution in [0.3, 0.4) is 0 Å². The van der Waals surface area contributed by atoms with Crippen LogP contribution in [0.25, 0.3) is 0 Å². The highest BCUT2D eigenvalue weighted by molar-refractivity contribution is 6.18. The summed E-state index contributed by atoms with van der Waals surface area (Å²) in [6, 6.07) is 7.69. The van der Waals surface area contributed by atoms with Crippen LogP contribution < -0.4 is 5.73 Å². The van der Waals surface area contributed by atoms with Crippen molar-refractivity contribution in [2.45, 2.75) is 12.5 Å². The molecule has 0 aromatic heterocycles. The number of aliphatic hydroxyl groups is 1. The molecule has 1 aromatic carbocycles. The zero-order valence-electron chi connectivity index (χ0n) is 7.41. The topological polar surface area (TPSA) is 46.2 Å². The lowest BCUT2D eigenvalue weighted by Gasteiger charge is -2.12. The fraction of sp³-hybridized carbons (Fsp3) is 0.400. The minimum absolute atomic E-state index is 0.249. The molecular weight excluding hydrogens is 186 g/mol. The van der Waals surface area contributed by atoms with Crippen LogP contribution >= 0.6 is 11.6 Å². The molecule has 0 heterocycles. The van der Waals surface area contributed by atoms with Gasteiger partial charge in [0, 0.05) is 12.4 Å². The number of aryl methyl sites for hydroxylation is 1. The number of nitrogens with two attached hydrogens (primary N) is 1. The van der Waals surface area contributed by atoms with Crippen molar-refractivity contribution in [3.63, 3.8) is 0 Å². The molecule has 0 spiro atoms. The molecule has 0 saturated carbocycles. The molecule has 0 fully saturated rings. The first-order valence-electron chi connectivity index (χ1n) is 4.31. The SMILES string of the molecule is NC[C@H](O)c1ccccc1CCCl. The molecule has 3 heteroatoms. The first-order chi connectivity index (χ1) is 6.29. The van der Waals surface area contributed by atoms with E-state index < -0.39 is 6.10 Å². The number of hydrogen-bond acceptors (Lipinski definition) is 2. The van der Waals surface area contributed by atoms with Crippen LogP contribution in [0.1, 0.15) is 17.2 Å². The third-order valence-corrected chi connectivity index (χ3v) is 2.19. The molecule has 1 aromatic rings. The van der Waals surface area contributed by atoms with E-state index in [0.29, 0.717) is 5.88 Å². The van der Waals surface area contributed by atoms with Crippen molar-refractivity contribution < 1.29 is 5.11 Å². The minimum atomic E-state index is -0.570. The Morgan fingerprint density at radius 1 is 1.38 bits per heavy atom. The summed E-state index contributed by atoms with van der Waals surface area (Å²) in [6.07, 6.45) is 0.203. The van der Waals surface area contributed by atoms with Crippen LogP contribution in [0.2, 0.25) is 0 Å². The van der Waals surface area contributed by atoms with Crippen LogP contribution in [0.5, 0.6) is 0 Å². The second-order valence-corrected chi connectivity index (χ2v) is 3.27. The van der Waals surface area contributed by atoms with Gasteiger partial charge >= 0.3 is 0 Å². The van der Waals surface area contributed by atoms with Crippen LogP contribution in [0.4, 0.5) is 0 Å². The predicted molar refractivity (Wildman–Crippen MR) is 54.9 cm³/mol. The molecule has 0 radical (unpaired) electrons. The number of alkyl halides is 1. The van der Waals surface area contributed by atoms with Crippen molar-refractivity contribution in [2.24, 2.45) is 5.73 Å². The van der Waals surface area contributed by atoms with Gasteiger partial charge in [0.15, 0.2) is 0 Å². The van der Waals surface area contributed by atoms with Gasteiger partial charge in [0.05, 0.1) is 6.10 Å². The Kier molecular flexibility index (Phi) is 4.22. The second kappa shape index (κ2) is 5.22. The first-order valence-corrected chi connectivity index (χ1v) is 4.85. The van der Waals surface area contributed by atoms with Gasteiger partial charge in [0.2, 0.25) is 0 Å². The Balaban J connectivity index is 2.90. The van der Waals surface area contributed by atoms with Gasteiger partial charge in [-0.15, -0.1) is 11.6 Å². The first kappa shape index (κ1) is 10.5. The lowest BCUT2D eigenvalue weighted by molar-refractivity contribution is 0.185. The molecule has 0 aliphatic carbocycles. The van der Waals surface area contributed by atoms with E-state index in [1.807, 2.05) is 24.3 Å². The van der Waals surface area contributed by atoms with E-state index in [4.69, 9.17) is 17.3 Å². The molecule has 3 N–H and O–H groups in total. The van der Waals surface area contributed by atoms with Crippen molar-refractivity contribution in [2.75, 3.05) is 12.4 Å². The summed E-state index contributed by atoms with van der Waals surface area (Å²) >= 11 is 5.64. The van der Waals surface area contributed by atoms with E-state index in [1.165, 1.54) is 0 Å². The summed E-state index contributed by atoms with van der Waals surface area (Å²) in [5.41, 5.74) is 7.36. The standard InChI is InChI=1S/C10H14ClNO/c11-6-5-8-3-1-2-4-9(8)10(13)7-12/h1-4,10,13H,5-7,12H2/t10-/m0/s1. The van der Waals surface area contributed by atoms with E-state index in [2.05, 4.69) is 0 Å². The summed E-state index contributed by atoms with van der Waals surface area (Å²) in [7, 11) is 0. The third-order valence-electron chi connectivity index (χ3n) is 2.00. The fourth-order valence-corrected chi connectivity index (χ4v) is 1.52. The smallest absolute Gasteiger partial charge is 0.0914 e. The van der Waals surface area contributed by atoms with Gasteiger partial charge in [-0.05, 0) is 17.5 Å². The molecule has 2 nitrogen and oxygen atoms in total. The van der Waals surface area contributed by atoms with Crippen LogP contribution in [0.15, 0.2) is 24.3 Å². The highest BCUT2D eigenvalue weighted by Crippen LogP contribution is 2.17. The third kappa shape index (κ3) is 2.69. The van der Waals surface area contributed by atoms with Gasteiger partial charge in [-0.25, -0.2) is 0 Å². The molecule has 0 aliphatic heterocycles. The Morgan fingerprint density at radius 3 is 2.69 bits per heavy atom. The summed E-state index contributed by atoms with van der Waals surface area (Å²) in [5.74, 6) is 0.564. The lowest BCUT2D eigenvalue weighted by Crippen LogP contribution is -2.13. The summed E-state index contributed by atoms with van der Waals surface area (Å²) in [5, 5.41) is 9.57. The quantitative estimate of drug-likeness (QED) is 0.722. The van der Waals surface area contributed by atoms with Crippen LogP contribution in [0, 0.1) is 0 Å². The van der Waals surface area contributed by atoms with E-state index in [9.17, 15) is 5.11 Å².